The molecule has 56 valence electrons. The molecule has 2 N–H and O–H groups in total. The summed E-state index contributed by atoms with van der Waals surface area (Å²) in [4.78, 5) is 0. The summed E-state index contributed by atoms with van der Waals surface area (Å²) in [6.07, 6.45) is 6.36. The Morgan fingerprint density at radius 1 is 1.50 bits per heavy atom. The van der Waals surface area contributed by atoms with Crippen LogP contribution in [0.4, 0.5) is 0 Å². The molecule has 10 heavy (non-hydrogen) atoms. The average Bonchev–Trinajstić information content (AvgIpc) is 1.78. The molecule has 0 spiro atoms. The van der Waals surface area contributed by atoms with E-state index in [4.69, 9.17) is 5.73 Å². The van der Waals surface area contributed by atoms with Gasteiger partial charge in [-0.05, 0) is 6.92 Å². The predicted octanol–water partition coefficient (Wildman–Crippen LogP) is 1.86. The molecule has 1 unspecified atom stereocenters. The van der Waals surface area contributed by atoms with Crippen LogP contribution in [0.25, 0.3) is 0 Å². The summed E-state index contributed by atoms with van der Waals surface area (Å²) in [5.41, 5.74) is 7.29. The first-order valence-electron chi connectivity index (χ1n) is 3.65. The zero-order chi connectivity index (χ0) is 7.78. The minimum atomic E-state index is 0.138. The van der Waals surface area contributed by atoms with Crippen molar-refractivity contribution >= 4 is 0 Å². The standard InChI is InChI=1S/C9H15N/c1-7-4-5-8(10)9(2,3)6-7/h4-6,8H,10H2,1-3H3. The van der Waals surface area contributed by atoms with Gasteiger partial charge in [-0.3, -0.25) is 0 Å². The van der Waals surface area contributed by atoms with Gasteiger partial charge in [-0.2, -0.15) is 0 Å². The van der Waals surface area contributed by atoms with Crippen LogP contribution in [0, 0.1) is 5.41 Å². The number of hydrogen-bond acceptors (Lipinski definition) is 1. The lowest BCUT2D eigenvalue weighted by Gasteiger charge is -2.29. The minimum Gasteiger partial charge on any atom is -0.324 e. The van der Waals surface area contributed by atoms with Crippen molar-refractivity contribution in [2.45, 2.75) is 26.8 Å². The molecule has 1 aliphatic carbocycles. The second-order valence-corrected chi connectivity index (χ2v) is 3.59. The Labute approximate surface area is 62.6 Å². The molecule has 0 heterocycles. The number of rotatable bonds is 0. The monoisotopic (exact) mass is 137 g/mol. The number of nitrogens with two attached hydrogens (primary N) is 1. The molecule has 0 saturated heterocycles. The third kappa shape index (κ3) is 1.29. The largest absolute Gasteiger partial charge is 0.324 e. The summed E-state index contributed by atoms with van der Waals surface area (Å²) in [6.45, 7) is 6.42. The summed E-state index contributed by atoms with van der Waals surface area (Å²) in [5, 5.41) is 0. The van der Waals surface area contributed by atoms with E-state index in [0.29, 0.717) is 0 Å². The first-order chi connectivity index (χ1) is 4.52. The number of allylic oxidation sites excluding steroid dienone is 2. The van der Waals surface area contributed by atoms with Crippen molar-refractivity contribution in [2.24, 2.45) is 11.1 Å². The van der Waals surface area contributed by atoms with Gasteiger partial charge in [-0.25, -0.2) is 0 Å². The highest BCUT2D eigenvalue weighted by atomic mass is 14.7. The van der Waals surface area contributed by atoms with Gasteiger partial charge in [0.1, 0.15) is 0 Å². The molecule has 0 radical (unpaired) electrons. The zero-order valence-electron chi connectivity index (χ0n) is 6.89. The molecule has 0 aromatic heterocycles. The Balaban J connectivity index is 2.88. The fourth-order valence-corrected chi connectivity index (χ4v) is 1.23. The van der Waals surface area contributed by atoms with E-state index in [0.717, 1.165) is 0 Å². The van der Waals surface area contributed by atoms with E-state index in [-0.39, 0.29) is 11.5 Å². The van der Waals surface area contributed by atoms with Crippen LogP contribution in [0.2, 0.25) is 0 Å². The van der Waals surface area contributed by atoms with Crippen LogP contribution in [-0.2, 0) is 0 Å². The molecule has 1 heteroatoms. The molecule has 0 saturated carbocycles. The molecular weight excluding hydrogens is 122 g/mol. The summed E-state index contributed by atoms with van der Waals surface area (Å²) < 4.78 is 0. The van der Waals surface area contributed by atoms with Gasteiger partial charge in [-0.1, -0.05) is 37.6 Å². The molecule has 0 aromatic carbocycles. The average molecular weight is 137 g/mol. The highest BCUT2D eigenvalue weighted by Crippen LogP contribution is 2.27. The Bertz CT molecular complexity index is 187. The van der Waals surface area contributed by atoms with E-state index >= 15 is 0 Å². The molecule has 0 aromatic rings. The van der Waals surface area contributed by atoms with E-state index in [2.05, 4.69) is 39.0 Å². The fourth-order valence-electron chi connectivity index (χ4n) is 1.23. The van der Waals surface area contributed by atoms with Crippen LogP contribution >= 0.6 is 0 Å². The highest BCUT2D eigenvalue weighted by Gasteiger charge is 2.23. The lowest BCUT2D eigenvalue weighted by Crippen LogP contribution is -2.35. The lowest BCUT2D eigenvalue weighted by atomic mass is 9.80. The first-order valence-corrected chi connectivity index (χ1v) is 3.65. The molecule has 0 aliphatic heterocycles. The molecule has 0 amide bonds. The smallest absolute Gasteiger partial charge is 0.0314 e. The molecule has 0 fully saturated rings. The van der Waals surface area contributed by atoms with Crippen LogP contribution in [-0.4, -0.2) is 6.04 Å². The Kier molecular flexibility index (Phi) is 1.69. The molecule has 0 bridgehead atoms. The van der Waals surface area contributed by atoms with Crippen LogP contribution in [0.3, 0.4) is 0 Å². The molecular formula is C9H15N. The highest BCUT2D eigenvalue weighted by molar-refractivity contribution is 5.27. The molecule has 1 nitrogen and oxygen atoms in total. The second kappa shape index (κ2) is 2.24. The maximum absolute atomic E-state index is 5.84. The summed E-state index contributed by atoms with van der Waals surface area (Å²) in [6, 6.07) is 0.177. The van der Waals surface area contributed by atoms with Gasteiger partial charge in [0.05, 0.1) is 0 Å². The molecule has 1 atom stereocenters. The third-order valence-corrected chi connectivity index (χ3v) is 2.03. The lowest BCUT2D eigenvalue weighted by molar-refractivity contribution is 0.417. The predicted molar refractivity (Wildman–Crippen MR) is 44.7 cm³/mol. The summed E-state index contributed by atoms with van der Waals surface area (Å²) in [7, 11) is 0. The maximum Gasteiger partial charge on any atom is 0.0314 e. The van der Waals surface area contributed by atoms with E-state index in [9.17, 15) is 0 Å². The number of hydrogen-bond donors (Lipinski definition) is 1. The molecule has 1 rings (SSSR count). The van der Waals surface area contributed by atoms with Gasteiger partial charge in [0.2, 0.25) is 0 Å². The second-order valence-electron chi connectivity index (χ2n) is 3.59. The van der Waals surface area contributed by atoms with E-state index in [1.807, 2.05) is 0 Å². The summed E-state index contributed by atoms with van der Waals surface area (Å²) in [5.74, 6) is 0. The molecule has 1 aliphatic rings. The summed E-state index contributed by atoms with van der Waals surface area (Å²) >= 11 is 0. The van der Waals surface area contributed by atoms with Gasteiger partial charge in [0.25, 0.3) is 0 Å². The Morgan fingerprint density at radius 3 is 2.50 bits per heavy atom. The SMILES string of the molecule is CC1=CC(C)(C)C(N)C=C1. The Hall–Kier alpha value is -0.560. The van der Waals surface area contributed by atoms with Gasteiger partial charge < -0.3 is 5.73 Å². The van der Waals surface area contributed by atoms with Gasteiger partial charge >= 0.3 is 0 Å². The van der Waals surface area contributed by atoms with Crippen molar-refractivity contribution in [3.8, 4) is 0 Å². The van der Waals surface area contributed by atoms with Gasteiger partial charge in [0.15, 0.2) is 0 Å². The van der Waals surface area contributed by atoms with E-state index in [1.54, 1.807) is 0 Å². The van der Waals surface area contributed by atoms with E-state index < -0.39 is 0 Å². The van der Waals surface area contributed by atoms with Crippen LogP contribution in [0.5, 0.6) is 0 Å². The normalized spacial score (nSPS) is 30.0. The topological polar surface area (TPSA) is 26.0 Å². The Morgan fingerprint density at radius 2 is 2.10 bits per heavy atom. The maximum atomic E-state index is 5.84. The van der Waals surface area contributed by atoms with Crippen LogP contribution < -0.4 is 5.73 Å². The quantitative estimate of drug-likeness (QED) is 0.542. The first kappa shape index (κ1) is 7.55. The van der Waals surface area contributed by atoms with Crippen molar-refractivity contribution < 1.29 is 0 Å². The van der Waals surface area contributed by atoms with Crippen LogP contribution in [0.15, 0.2) is 23.8 Å². The zero-order valence-corrected chi connectivity index (χ0v) is 6.89. The van der Waals surface area contributed by atoms with Crippen molar-refractivity contribution in [3.63, 3.8) is 0 Å². The van der Waals surface area contributed by atoms with Crippen molar-refractivity contribution in [1.29, 1.82) is 0 Å². The van der Waals surface area contributed by atoms with Crippen LogP contribution in [0.1, 0.15) is 20.8 Å². The fraction of sp³-hybridized carbons (Fsp3) is 0.556. The van der Waals surface area contributed by atoms with E-state index in [1.165, 1.54) is 5.57 Å². The van der Waals surface area contributed by atoms with Crippen molar-refractivity contribution in [3.05, 3.63) is 23.8 Å². The third-order valence-electron chi connectivity index (χ3n) is 2.03. The van der Waals surface area contributed by atoms with Gasteiger partial charge in [0, 0.05) is 11.5 Å². The van der Waals surface area contributed by atoms with Crippen molar-refractivity contribution in [1.82, 2.24) is 0 Å². The minimum absolute atomic E-state index is 0.138. The van der Waals surface area contributed by atoms with Crippen molar-refractivity contribution in [2.75, 3.05) is 0 Å². The van der Waals surface area contributed by atoms with Gasteiger partial charge in [-0.15, -0.1) is 0 Å².